The molecule has 1 amide bonds. The number of hydrogen-bond acceptors (Lipinski definition) is 6. The van der Waals surface area contributed by atoms with Gasteiger partial charge in [-0.25, -0.2) is 13.1 Å². The highest BCUT2D eigenvalue weighted by Crippen LogP contribution is 2.19. The first-order valence-corrected chi connectivity index (χ1v) is 10.1. The Morgan fingerprint density at radius 1 is 1.39 bits per heavy atom. The van der Waals surface area contributed by atoms with E-state index < -0.39 is 10.0 Å². The number of hydrogen-bond donors (Lipinski definition) is 2. The van der Waals surface area contributed by atoms with Crippen molar-refractivity contribution >= 4 is 27.3 Å². The maximum absolute atomic E-state index is 12.4. The van der Waals surface area contributed by atoms with E-state index >= 15 is 0 Å². The van der Waals surface area contributed by atoms with Crippen molar-refractivity contribution in [2.45, 2.75) is 29.1 Å². The highest BCUT2D eigenvalue weighted by atomic mass is 32.2. The second kappa shape index (κ2) is 7.27. The number of ether oxygens (including phenoxy) is 1. The number of piperidine rings is 1. The maximum atomic E-state index is 12.4. The number of morpholine rings is 1. The van der Waals surface area contributed by atoms with E-state index in [1.54, 1.807) is 22.4 Å². The zero-order valence-corrected chi connectivity index (χ0v) is 14.4. The molecule has 0 saturated carbocycles. The minimum absolute atomic E-state index is 0.0456. The predicted octanol–water partition coefficient (Wildman–Crippen LogP) is 0.00580. The van der Waals surface area contributed by atoms with Gasteiger partial charge in [0.2, 0.25) is 15.9 Å². The fraction of sp³-hybridized carbons (Fsp3) is 0.643. The van der Waals surface area contributed by atoms with E-state index in [4.69, 9.17) is 4.74 Å². The third-order valence-electron chi connectivity index (χ3n) is 4.11. The zero-order chi connectivity index (χ0) is 16.3. The van der Waals surface area contributed by atoms with Gasteiger partial charge in [0.15, 0.2) is 0 Å². The third kappa shape index (κ3) is 4.10. The minimum atomic E-state index is -3.44. The van der Waals surface area contributed by atoms with Gasteiger partial charge in [0, 0.05) is 25.7 Å². The van der Waals surface area contributed by atoms with E-state index in [2.05, 4.69) is 10.0 Å². The number of amides is 1. The van der Waals surface area contributed by atoms with Gasteiger partial charge in [-0.2, -0.15) is 0 Å². The molecule has 9 heteroatoms. The Labute approximate surface area is 140 Å². The summed E-state index contributed by atoms with van der Waals surface area (Å²) >= 11 is 1.21. The Hall–Kier alpha value is -1.000. The van der Waals surface area contributed by atoms with Gasteiger partial charge >= 0.3 is 0 Å². The molecule has 1 aromatic heterocycles. The normalized spacial score (nSPS) is 23.8. The lowest BCUT2D eigenvalue weighted by Gasteiger charge is -2.35. The Bertz CT molecular complexity index is 618. The van der Waals surface area contributed by atoms with E-state index in [9.17, 15) is 13.2 Å². The van der Waals surface area contributed by atoms with Crippen molar-refractivity contribution in [2.24, 2.45) is 0 Å². The summed E-state index contributed by atoms with van der Waals surface area (Å²) in [6.07, 6.45) is 1.26. The third-order valence-corrected chi connectivity index (χ3v) is 7.03. The molecule has 128 valence electrons. The van der Waals surface area contributed by atoms with Gasteiger partial charge in [-0.15, -0.1) is 11.3 Å². The fourth-order valence-corrected chi connectivity index (χ4v) is 5.17. The predicted molar refractivity (Wildman–Crippen MR) is 86.9 cm³/mol. The first-order valence-electron chi connectivity index (χ1n) is 7.72. The number of nitrogens with zero attached hydrogens (tertiary/aromatic N) is 1. The summed E-state index contributed by atoms with van der Waals surface area (Å²) < 4.78 is 32.8. The van der Waals surface area contributed by atoms with Crippen molar-refractivity contribution in [1.82, 2.24) is 14.9 Å². The number of thiophene rings is 1. The van der Waals surface area contributed by atoms with Gasteiger partial charge < -0.3 is 15.0 Å². The van der Waals surface area contributed by atoms with Crippen LogP contribution < -0.4 is 10.0 Å². The Kier molecular flexibility index (Phi) is 5.32. The molecule has 0 bridgehead atoms. The SMILES string of the molecule is O=C(C1COCCN1)N1CCC(NS(=O)(=O)c2cccs2)CC1. The summed E-state index contributed by atoms with van der Waals surface area (Å²) in [4.78, 5) is 14.2. The lowest BCUT2D eigenvalue weighted by atomic mass is 10.1. The van der Waals surface area contributed by atoms with Crippen molar-refractivity contribution in [1.29, 1.82) is 0 Å². The fourth-order valence-electron chi connectivity index (χ4n) is 2.86. The first-order chi connectivity index (χ1) is 11.1. The molecular formula is C14H21N3O4S2. The topological polar surface area (TPSA) is 87.7 Å². The van der Waals surface area contributed by atoms with E-state index in [0.717, 1.165) is 0 Å². The van der Waals surface area contributed by atoms with Crippen LogP contribution in [0.5, 0.6) is 0 Å². The molecule has 2 saturated heterocycles. The number of carbonyl (C=O) groups is 1. The van der Waals surface area contributed by atoms with Crippen molar-refractivity contribution in [3.8, 4) is 0 Å². The summed E-state index contributed by atoms with van der Waals surface area (Å²) in [6.45, 7) is 2.86. The van der Waals surface area contributed by atoms with Crippen molar-refractivity contribution < 1.29 is 17.9 Å². The molecule has 7 nitrogen and oxygen atoms in total. The number of nitrogens with one attached hydrogen (secondary N) is 2. The van der Waals surface area contributed by atoms with Gasteiger partial charge in [-0.1, -0.05) is 6.07 Å². The number of carbonyl (C=O) groups excluding carboxylic acids is 1. The average molecular weight is 359 g/mol. The number of rotatable bonds is 4. The second-order valence-electron chi connectivity index (χ2n) is 5.73. The quantitative estimate of drug-likeness (QED) is 0.790. The lowest BCUT2D eigenvalue weighted by molar-refractivity contribution is -0.137. The van der Waals surface area contributed by atoms with Crippen LogP contribution in [0.1, 0.15) is 12.8 Å². The Balaban J connectivity index is 1.51. The van der Waals surface area contributed by atoms with Gasteiger partial charge in [0.25, 0.3) is 0 Å². The van der Waals surface area contributed by atoms with Crippen LogP contribution >= 0.6 is 11.3 Å². The molecule has 1 atom stereocenters. The highest BCUT2D eigenvalue weighted by Gasteiger charge is 2.31. The van der Waals surface area contributed by atoms with Crippen LogP contribution in [0.2, 0.25) is 0 Å². The van der Waals surface area contributed by atoms with E-state index in [1.807, 2.05) is 0 Å². The average Bonchev–Trinajstić information content (AvgIpc) is 3.11. The summed E-state index contributed by atoms with van der Waals surface area (Å²) in [5.74, 6) is 0.0456. The molecule has 1 aromatic rings. The summed E-state index contributed by atoms with van der Waals surface area (Å²) in [6, 6.07) is 2.92. The van der Waals surface area contributed by atoms with Crippen LogP contribution in [0.25, 0.3) is 0 Å². The maximum Gasteiger partial charge on any atom is 0.250 e. The zero-order valence-electron chi connectivity index (χ0n) is 12.7. The first kappa shape index (κ1) is 16.8. The molecule has 0 aromatic carbocycles. The summed E-state index contributed by atoms with van der Waals surface area (Å²) in [7, 11) is -3.44. The second-order valence-corrected chi connectivity index (χ2v) is 8.62. The van der Waals surface area contributed by atoms with Gasteiger partial charge in [-0.05, 0) is 24.3 Å². The molecule has 2 aliphatic rings. The van der Waals surface area contributed by atoms with Crippen molar-refractivity contribution in [3.63, 3.8) is 0 Å². The van der Waals surface area contributed by atoms with Crippen LogP contribution in [0.15, 0.2) is 21.7 Å². The molecule has 2 fully saturated rings. The monoisotopic (exact) mass is 359 g/mol. The van der Waals surface area contributed by atoms with E-state index in [0.29, 0.717) is 49.9 Å². The van der Waals surface area contributed by atoms with Crippen molar-refractivity contribution in [2.75, 3.05) is 32.8 Å². The number of sulfonamides is 1. The molecule has 0 radical (unpaired) electrons. The minimum Gasteiger partial charge on any atom is -0.378 e. The molecule has 23 heavy (non-hydrogen) atoms. The summed E-state index contributed by atoms with van der Waals surface area (Å²) in [5, 5.41) is 4.90. The van der Waals surface area contributed by atoms with Gasteiger partial charge in [0.05, 0.1) is 13.2 Å². The molecule has 0 spiro atoms. The lowest BCUT2D eigenvalue weighted by Crippen LogP contribution is -2.55. The molecule has 0 aliphatic carbocycles. The van der Waals surface area contributed by atoms with Crippen LogP contribution in [0.3, 0.4) is 0 Å². The Morgan fingerprint density at radius 3 is 2.78 bits per heavy atom. The molecule has 2 aliphatic heterocycles. The molecule has 3 heterocycles. The number of likely N-dealkylation sites (tertiary alicyclic amines) is 1. The van der Waals surface area contributed by atoms with Crippen LogP contribution in [0.4, 0.5) is 0 Å². The van der Waals surface area contributed by atoms with Crippen LogP contribution in [0, 0.1) is 0 Å². The molecule has 3 rings (SSSR count). The Morgan fingerprint density at radius 2 is 2.17 bits per heavy atom. The molecule has 2 N–H and O–H groups in total. The van der Waals surface area contributed by atoms with Gasteiger partial charge in [0.1, 0.15) is 10.3 Å². The highest BCUT2D eigenvalue weighted by molar-refractivity contribution is 7.91. The standard InChI is InChI=1S/C14H21N3O4S2/c18-14(12-10-21-8-5-15-12)17-6-3-11(4-7-17)16-23(19,20)13-2-1-9-22-13/h1-2,9,11-12,15-16H,3-8,10H2. The van der Waals surface area contributed by atoms with E-state index in [-0.39, 0.29) is 18.0 Å². The van der Waals surface area contributed by atoms with E-state index in [1.165, 1.54) is 11.3 Å². The van der Waals surface area contributed by atoms with Gasteiger partial charge in [-0.3, -0.25) is 4.79 Å². The van der Waals surface area contributed by atoms with Crippen LogP contribution in [-0.4, -0.2) is 64.2 Å². The molecular weight excluding hydrogens is 338 g/mol. The molecule has 1 unspecified atom stereocenters. The largest absolute Gasteiger partial charge is 0.378 e. The summed E-state index contributed by atoms with van der Waals surface area (Å²) in [5.41, 5.74) is 0. The smallest absolute Gasteiger partial charge is 0.250 e. The van der Waals surface area contributed by atoms with Crippen molar-refractivity contribution in [3.05, 3.63) is 17.5 Å². The van der Waals surface area contributed by atoms with Crippen LogP contribution in [-0.2, 0) is 19.6 Å².